The first-order valence-electron chi connectivity index (χ1n) is 7.81. The average molecular weight is 273 g/mol. The molecule has 1 aromatic heterocycles. The molecule has 3 nitrogen and oxygen atoms in total. The second kappa shape index (κ2) is 6.89. The molecule has 0 saturated carbocycles. The molecule has 1 aromatic carbocycles. The van der Waals surface area contributed by atoms with E-state index in [1.165, 1.54) is 29.4 Å². The first-order valence-corrected chi connectivity index (χ1v) is 7.81. The van der Waals surface area contributed by atoms with Crippen molar-refractivity contribution >= 4 is 10.9 Å². The number of fused-ring (bicyclic) bond motifs is 1. The quantitative estimate of drug-likeness (QED) is 0.835. The first-order chi connectivity index (χ1) is 9.69. The van der Waals surface area contributed by atoms with Crippen molar-refractivity contribution in [1.82, 2.24) is 15.1 Å². The van der Waals surface area contributed by atoms with Gasteiger partial charge in [-0.05, 0) is 32.4 Å². The summed E-state index contributed by atoms with van der Waals surface area (Å²) in [6, 6.07) is 9.07. The summed E-state index contributed by atoms with van der Waals surface area (Å²) in [5, 5.41) is 9.57. The summed E-state index contributed by atoms with van der Waals surface area (Å²) in [6.45, 7) is 7.67. The lowest BCUT2D eigenvalue weighted by Gasteiger charge is -2.19. The third kappa shape index (κ3) is 3.21. The molecule has 0 amide bonds. The van der Waals surface area contributed by atoms with Crippen LogP contribution < -0.4 is 5.32 Å². The molecule has 1 N–H and O–H groups in total. The number of aryl methyl sites for hydroxylation is 1. The number of para-hydroxylation sites is 1. The molecular formula is C17H27N3. The lowest BCUT2D eigenvalue weighted by atomic mass is 9.96. The van der Waals surface area contributed by atoms with Crippen molar-refractivity contribution in [2.75, 3.05) is 7.05 Å². The number of nitrogens with zero attached hydrogens (tertiary/aromatic N) is 2. The van der Waals surface area contributed by atoms with Crippen molar-refractivity contribution in [1.29, 1.82) is 0 Å². The summed E-state index contributed by atoms with van der Waals surface area (Å²) in [4.78, 5) is 0. The molecule has 0 aliphatic carbocycles. The lowest BCUT2D eigenvalue weighted by Crippen LogP contribution is -2.29. The van der Waals surface area contributed by atoms with Crippen LogP contribution in [0.1, 0.15) is 39.3 Å². The lowest BCUT2D eigenvalue weighted by molar-refractivity contribution is 0.407. The largest absolute Gasteiger partial charge is 0.317 e. The van der Waals surface area contributed by atoms with E-state index in [0.717, 1.165) is 18.9 Å². The van der Waals surface area contributed by atoms with Gasteiger partial charge in [0.2, 0.25) is 0 Å². The summed E-state index contributed by atoms with van der Waals surface area (Å²) in [5.74, 6) is 0.756. The molecular weight excluding hydrogens is 246 g/mol. The van der Waals surface area contributed by atoms with Crippen LogP contribution in [0.2, 0.25) is 0 Å². The zero-order valence-electron chi connectivity index (χ0n) is 13.2. The first kappa shape index (κ1) is 15.0. The van der Waals surface area contributed by atoms with Gasteiger partial charge in [0.05, 0.1) is 11.2 Å². The summed E-state index contributed by atoms with van der Waals surface area (Å²) >= 11 is 0. The fourth-order valence-corrected chi connectivity index (χ4v) is 2.78. The van der Waals surface area contributed by atoms with Crippen molar-refractivity contribution in [3.63, 3.8) is 0 Å². The summed E-state index contributed by atoms with van der Waals surface area (Å²) < 4.78 is 2.11. The van der Waals surface area contributed by atoms with E-state index in [0.29, 0.717) is 6.04 Å². The van der Waals surface area contributed by atoms with Crippen LogP contribution in [-0.2, 0) is 13.0 Å². The molecule has 1 heterocycles. The zero-order chi connectivity index (χ0) is 14.5. The van der Waals surface area contributed by atoms with E-state index in [9.17, 15) is 0 Å². The maximum Gasteiger partial charge on any atom is 0.0718 e. The van der Waals surface area contributed by atoms with E-state index in [-0.39, 0.29) is 0 Å². The van der Waals surface area contributed by atoms with E-state index in [1.54, 1.807) is 0 Å². The molecule has 0 aliphatic rings. The predicted octanol–water partition coefficient (Wildman–Crippen LogP) is 3.62. The number of rotatable bonds is 7. The molecule has 0 bridgehead atoms. The van der Waals surface area contributed by atoms with Gasteiger partial charge in [0.15, 0.2) is 0 Å². The molecule has 2 rings (SSSR count). The summed E-state index contributed by atoms with van der Waals surface area (Å²) in [7, 11) is 2.06. The van der Waals surface area contributed by atoms with E-state index in [4.69, 9.17) is 5.10 Å². The van der Waals surface area contributed by atoms with Gasteiger partial charge < -0.3 is 5.32 Å². The van der Waals surface area contributed by atoms with Crippen LogP contribution in [0.5, 0.6) is 0 Å². The minimum atomic E-state index is 0.508. The van der Waals surface area contributed by atoms with Gasteiger partial charge in [-0.1, -0.05) is 38.5 Å². The predicted molar refractivity (Wildman–Crippen MR) is 86.0 cm³/mol. The highest BCUT2D eigenvalue weighted by Crippen LogP contribution is 2.21. The van der Waals surface area contributed by atoms with Crippen molar-refractivity contribution in [3.8, 4) is 0 Å². The molecule has 0 saturated heterocycles. The van der Waals surface area contributed by atoms with Crippen molar-refractivity contribution < 1.29 is 0 Å². The minimum absolute atomic E-state index is 0.508. The molecule has 2 atom stereocenters. The van der Waals surface area contributed by atoms with Crippen molar-refractivity contribution in [2.24, 2.45) is 5.92 Å². The minimum Gasteiger partial charge on any atom is -0.317 e. The Morgan fingerprint density at radius 2 is 2.00 bits per heavy atom. The molecule has 20 heavy (non-hydrogen) atoms. The van der Waals surface area contributed by atoms with Crippen LogP contribution in [0.15, 0.2) is 24.3 Å². The molecule has 110 valence electrons. The Labute approximate surface area is 122 Å². The van der Waals surface area contributed by atoms with Gasteiger partial charge in [0, 0.05) is 24.4 Å². The van der Waals surface area contributed by atoms with E-state index in [2.05, 4.69) is 62.1 Å². The van der Waals surface area contributed by atoms with Crippen LogP contribution in [0, 0.1) is 5.92 Å². The van der Waals surface area contributed by atoms with Gasteiger partial charge in [-0.2, -0.15) is 5.10 Å². The molecule has 0 aliphatic heterocycles. The second-order valence-electron chi connectivity index (χ2n) is 5.72. The van der Waals surface area contributed by atoms with E-state index >= 15 is 0 Å². The third-order valence-corrected chi connectivity index (χ3v) is 4.27. The van der Waals surface area contributed by atoms with Crippen LogP contribution in [-0.4, -0.2) is 22.9 Å². The van der Waals surface area contributed by atoms with Crippen molar-refractivity contribution in [3.05, 3.63) is 30.0 Å². The molecule has 0 radical (unpaired) electrons. The van der Waals surface area contributed by atoms with Crippen LogP contribution in [0.3, 0.4) is 0 Å². The molecule has 2 unspecified atom stereocenters. The monoisotopic (exact) mass is 273 g/mol. The third-order valence-electron chi connectivity index (χ3n) is 4.27. The number of benzene rings is 1. The Kier molecular flexibility index (Phi) is 5.18. The van der Waals surface area contributed by atoms with E-state index in [1.807, 2.05) is 0 Å². The van der Waals surface area contributed by atoms with Crippen LogP contribution >= 0.6 is 0 Å². The van der Waals surface area contributed by atoms with Gasteiger partial charge in [-0.25, -0.2) is 0 Å². The number of hydrogen-bond donors (Lipinski definition) is 1. The number of likely N-dealkylation sites (N-methyl/N-ethyl adjacent to an activating group) is 1. The fourth-order valence-electron chi connectivity index (χ4n) is 2.78. The SMILES string of the molecule is CCC(C)CC(Cc1nn(CC)c2ccccc12)NC. The van der Waals surface area contributed by atoms with Crippen LogP contribution in [0.4, 0.5) is 0 Å². The maximum absolute atomic E-state index is 4.81. The van der Waals surface area contributed by atoms with Gasteiger partial charge >= 0.3 is 0 Å². The van der Waals surface area contributed by atoms with Gasteiger partial charge in [0.1, 0.15) is 0 Å². The Morgan fingerprint density at radius 1 is 1.25 bits per heavy atom. The molecule has 2 aromatic rings. The Morgan fingerprint density at radius 3 is 2.65 bits per heavy atom. The highest BCUT2D eigenvalue weighted by molar-refractivity contribution is 5.82. The normalized spacial score (nSPS) is 14.6. The Bertz CT molecular complexity index is 544. The number of nitrogens with one attached hydrogen (secondary N) is 1. The number of hydrogen-bond acceptors (Lipinski definition) is 2. The average Bonchev–Trinajstić information content (AvgIpc) is 2.84. The van der Waals surface area contributed by atoms with E-state index < -0.39 is 0 Å². The summed E-state index contributed by atoms with van der Waals surface area (Å²) in [6.07, 6.45) is 3.46. The maximum atomic E-state index is 4.81. The van der Waals surface area contributed by atoms with Crippen molar-refractivity contribution in [2.45, 2.75) is 52.6 Å². The molecule has 0 spiro atoms. The second-order valence-corrected chi connectivity index (χ2v) is 5.72. The highest BCUT2D eigenvalue weighted by atomic mass is 15.3. The van der Waals surface area contributed by atoms with Crippen LogP contribution in [0.25, 0.3) is 10.9 Å². The van der Waals surface area contributed by atoms with Gasteiger partial charge in [-0.3, -0.25) is 4.68 Å². The smallest absolute Gasteiger partial charge is 0.0718 e. The van der Waals surface area contributed by atoms with Gasteiger partial charge in [0.25, 0.3) is 0 Å². The molecule has 0 fully saturated rings. The topological polar surface area (TPSA) is 29.9 Å². The Balaban J connectivity index is 2.24. The number of aromatic nitrogens is 2. The highest BCUT2D eigenvalue weighted by Gasteiger charge is 2.16. The standard InChI is InChI=1S/C17H27N3/c1-5-13(3)11-14(18-4)12-16-15-9-7-8-10-17(15)20(6-2)19-16/h7-10,13-14,18H,5-6,11-12H2,1-4H3. The summed E-state index contributed by atoms with van der Waals surface area (Å²) in [5.41, 5.74) is 2.48. The zero-order valence-corrected chi connectivity index (χ0v) is 13.2. The molecule has 3 heteroatoms. The van der Waals surface area contributed by atoms with Gasteiger partial charge in [-0.15, -0.1) is 0 Å². The Hall–Kier alpha value is -1.35. The fraction of sp³-hybridized carbons (Fsp3) is 0.588.